The smallest absolute Gasteiger partial charge is 0 e. The number of hydrogen-bond acceptors (Lipinski definition) is 1. The molecule has 11 heavy (non-hydrogen) atoms. The molecule has 0 aliphatic heterocycles. The van der Waals surface area contributed by atoms with Gasteiger partial charge in [-0.25, -0.2) is 0 Å². The van der Waals surface area contributed by atoms with Gasteiger partial charge in [-0.05, 0) is 5.92 Å². The van der Waals surface area contributed by atoms with Crippen LogP contribution >= 0.6 is 0 Å². The average Bonchev–Trinajstić information content (AvgIpc) is 1.87. The minimum absolute atomic E-state index is 0. The first kappa shape index (κ1) is 14.3. The molecule has 0 aromatic rings. The summed E-state index contributed by atoms with van der Waals surface area (Å²) in [5.41, 5.74) is 0. The Labute approximate surface area is 95.2 Å². The van der Waals surface area contributed by atoms with Crippen molar-refractivity contribution in [1.29, 1.82) is 0 Å². The van der Waals surface area contributed by atoms with E-state index in [4.69, 9.17) is 0 Å². The fourth-order valence-electron chi connectivity index (χ4n) is 0.891. The zero-order valence-corrected chi connectivity index (χ0v) is 10.6. The SMILES string of the molecule is CC(C)CCCC(C)[C-]=O.[Y]. The summed E-state index contributed by atoms with van der Waals surface area (Å²) in [5, 5.41) is 0. The normalized spacial score (nSPS) is 12.4. The summed E-state index contributed by atoms with van der Waals surface area (Å²) in [4.78, 5) is 10.1. The van der Waals surface area contributed by atoms with Crippen molar-refractivity contribution in [1.82, 2.24) is 0 Å². The maximum Gasteiger partial charge on any atom is 0 e. The van der Waals surface area contributed by atoms with Crippen molar-refractivity contribution < 1.29 is 37.5 Å². The zero-order chi connectivity index (χ0) is 7.98. The molecule has 0 saturated heterocycles. The van der Waals surface area contributed by atoms with E-state index in [1.165, 1.54) is 6.42 Å². The van der Waals surface area contributed by atoms with Crippen LogP contribution in [0.3, 0.4) is 0 Å². The van der Waals surface area contributed by atoms with Gasteiger partial charge in [-0.3, -0.25) is 6.29 Å². The van der Waals surface area contributed by atoms with Crippen LogP contribution in [0.1, 0.15) is 40.0 Å². The number of carbonyl (C=O) groups excluding carboxylic acids is 1. The van der Waals surface area contributed by atoms with Crippen molar-refractivity contribution in [3.8, 4) is 0 Å². The van der Waals surface area contributed by atoms with Crippen LogP contribution < -0.4 is 0 Å². The maximum absolute atomic E-state index is 10.1. The molecule has 0 heterocycles. The molecule has 0 aliphatic carbocycles. The molecule has 0 amide bonds. The van der Waals surface area contributed by atoms with E-state index in [1.54, 1.807) is 0 Å². The Morgan fingerprint density at radius 3 is 2.09 bits per heavy atom. The molecule has 1 unspecified atom stereocenters. The molecule has 1 nitrogen and oxygen atoms in total. The monoisotopic (exact) mass is 230 g/mol. The van der Waals surface area contributed by atoms with Crippen molar-refractivity contribution in [2.45, 2.75) is 40.0 Å². The molecule has 0 fully saturated rings. The van der Waals surface area contributed by atoms with Gasteiger partial charge in [0.1, 0.15) is 0 Å². The summed E-state index contributed by atoms with van der Waals surface area (Å²) < 4.78 is 0. The second kappa shape index (κ2) is 8.87. The molecule has 0 saturated carbocycles. The molecule has 2 heteroatoms. The predicted molar refractivity (Wildman–Crippen MR) is 43.5 cm³/mol. The van der Waals surface area contributed by atoms with Gasteiger partial charge in [0.15, 0.2) is 0 Å². The van der Waals surface area contributed by atoms with Crippen molar-refractivity contribution in [3.05, 3.63) is 0 Å². The molecule has 63 valence electrons. The van der Waals surface area contributed by atoms with Gasteiger partial charge < -0.3 is 4.79 Å². The minimum Gasteiger partial charge on any atom is -0.542 e. The van der Waals surface area contributed by atoms with Crippen LogP contribution in [0.25, 0.3) is 0 Å². The fourth-order valence-corrected chi connectivity index (χ4v) is 0.891. The van der Waals surface area contributed by atoms with E-state index in [9.17, 15) is 4.79 Å². The van der Waals surface area contributed by atoms with Crippen molar-refractivity contribution in [2.75, 3.05) is 0 Å². The van der Waals surface area contributed by atoms with Crippen LogP contribution in [-0.2, 0) is 37.5 Å². The number of rotatable bonds is 5. The topological polar surface area (TPSA) is 17.1 Å². The van der Waals surface area contributed by atoms with E-state index >= 15 is 0 Å². The van der Waals surface area contributed by atoms with E-state index < -0.39 is 0 Å². The Balaban J connectivity index is 0. The Kier molecular flexibility index (Phi) is 11.5. The molecule has 0 rings (SSSR count). The van der Waals surface area contributed by atoms with Crippen LogP contribution in [-0.4, -0.2) is 6.29 Å². The molecule has 0 aromatic carbocycles. The summed E-state index contributed by atoms with van der Waals surface area (Å²) in [6, 6.07) is 0. The van der Waals surface area contributed by atoms with E-state index in [0.717, 1.165) is 18.8 Å². The zero-order valence-electron chi connectivity index (χ0n) is 7.76. The molecule has 1 atom stereocenters. The van der Waals surface area contributed by atoms with E-state index in [0.29, 0.717) is 0 Å². The summed E-state index contributed by atoms with van der Waals surface area (Å²) in [6.45, 7) is 6.33. The summed E-state index contributed by atoms with van der Waals surface area (Å²) in [5.74, 6) is 0.901. The molecule has 0 aromatic heterocycles. The van der Waals surface area contributed by atoms with Crippen LogP contribution in [0.5, 0.6) is 0 Å². The predicted octanol–water partition coefficient (Wildman–Crippen LogP) is 2.56. The largest absolute Gasteiger partial charge is 0.542 e. The van der Waals surface area contributed by atoms with Crippen molar-refractivity contribution in [3.63, 3.8) is 0 Å². The van der Waals surface area contributed by atoms with Crippen molar-refractivity contribution in [2.24, 2.45) is 11.8 Å². The van der Waals surface area contributed by atoms with Gasteiger partial charge in [0.05, 0.1) is 0 Å². The van der Waals surface area contributed by atoms with Crippen LogP contribution in [0.4, 0.5) is 0 Å². The van der Waals surface area contributed by atoms with Gasteiger partial charge in [0.2, 0.25) is 0 Å². The van der Waals surface area contributed by atoms with E-state index in [2.05, 4.69) is 13.8 Å². The third-order valence-electron chi connectivity index (χ3n) is 1.62. The Bertz CT molecular complexity index is 91.6. The standard InChI is InChI=1S/C9H17O.Y/c1-8(2)5-4-6-9(3)7-10;/h8-9H,4-6H2,1-3H3;/q-1;. The Morgan fingerprint density at radius 1 is 1.18 bits per heavy atom. The molecule has 1 radical (unpaired) electrons. The Hall–Kier alpha value is 0.774. The van der Waals surface area contributed by atoms with E-state index in [-0.39, 0.29) is 38.6 Å². The van der Waals surface area contributed by atoms with Gasteiger partial charge in [-0.2, -0.15) is 0 Å². The second-order valence-electron chi connectivity index (χ2n) is 3.34. The van der Waals surface area contributed by atoms with E-state index in [1.807, 2.05) is 13.2 Å². The molecule has 0 spiro atoms. The van der Waals surface area contributed by atoms with Gasteiger partial charge >= 0.3 is 0 Å². The number of hydrogen-bond donors (Lipinski definition) is 0. The molecule has 0 N–H and O–H groups in total. The third-order valence-corrected chi connectivity index (χ3v) is 1.62. The first-order chi connectivity index (χ1) is 4.66. The quantitative estimate of drug-likeness (QED) is 0.663. The van der Waals surface area contributed by atoms with Crippen LogP contribution in [0.15, 0.2) is 0 Å². The molecular formula is C9H17OY-. The molecule has 0 aliphatic rings. The minimum atomic E-state index is 0. The first-order valence-electron chi connectivity index (χ1n) is 4.04. The maximum atomic E-state index is 10.1. The van der Waals surface area contributed by atoms with Crippen molar-refractivity contribution >= 4 is 6.29 Å². The van der Waals surface area contributed by atoms with Gasteiger partial charge in [0.25, 0.3) is 0 Å². The molecule has 0 bridgehead atoms. The van der Waals surface area contributed by atoms with Crippen LogP contribution in [0, 0.1) is 11.8 Å². The van der Waals surface area contributed by atoms with Gasteiger partial charge in [-0.15, -0.1) is 5.92 Å². The first-order valence-corrected chi connectivity index (χ1v) is 4.04. The third kappa shape index (κ3) is 10.8. The average molecular weight is 230 g/mol. The van der Waals surface area contributed by atoms with Crippen LogP contribution in [0.2, 0.25) is 0 Å². The Morgan fingerprint density at radius 2 is 1.73 bits per heavy atom. The summed E-state index contributed by atoms with van der Waals surface area (Å²) in [6.07, 6.45) is 5.38. The van der Waals surface area contributed by atoms with Gasteiger partial charge in [-0.1, -0.05) is 40.0 Å². The summed E-state index contributed by atoms with van der Waals surface area (Å²) in [7, 11) is 0. The van der Waals surface area contributed by atoms with Gasteiger partial charge in [0, 0.05) is 32.7 Å². The fraction of sp³-hybridized carbons (Fsp3) is 0.889. The molecular weight excluding hydrogens is 213 g/mol. The summed E-state index contributed by atoms with van der Waals surface area (Å²) >= 11 is 0. The second-order valence-corrected chi connectivity index (χ2v) is 3.34.